The average Bonchev–Trinajstić information content (AvgIpc) is 2.57. The van der Waals surface area contributed by atoms with Gasteiger partial charge in [-0.3, -0.25) is 0 Å². The summed E-state index contributed by atoms with van der Waals surface area (Å²) in [5, 5.41) is 0. The van der Waals surface area contributed by atoms with Crippen molar-refractivity contribution in [3.05, 3.63) is 59.3 Å². The zero-order chi connectivity index (χ0) is 11.5. The Morgan fingerprint density at radius 1 is 1.19 bits per heavy atom. The molecule has 2 aliphatic carbocycles. The molecule has 0 aromatic carbocycles. The van der Waals surface area contributed by atoms with Gasteiger partial charge in [0.2, 0.25) is 0 Å². The van der Waals surface area contributed by atoms with Crippen LogP contribution in [0.1, 0.15) is 6.92 Å². The highest BCUT2D eigenvalue weighted by Gasteiger charge is 2.23. The highest BCUT2D eigenvalue weighted by molar-refractivity contribution is 5.94. The van der Waals surface area contributed by atoms with Crippen LogP contribution in [0.2, 0.25) is 0 Å². The van der Waals surface area contributed by atoms with Crippen molar-refractivity contribution in [3.63, 3.8) is 0 Å². The molecule has 16 heavy (non-hydrogen) atoms. The van der Waals surface area contributed by atoms with Crippen LogP contribution in [0.15, 0.2) is 59.3 Å². The lowest BCUT2D eigenvalue weighted by Gasteiger charge is -2.15. The van der Waals surface area contributed by atoms with E-state index < -0.39 is 0 Å². The third-order valence-corrected chi connectivity index (χ3v) is 2.91. The fourth-order valence-electron chi connectivity index (χ4n) is 1.96. The number of methoxy groups -OCH3 is 1. The van der Waals surface area contributed by atoms with Gasteiger partial charge in [0, 0.05) is 5.92 Å². The summed E-state index contributed by atoms with van der Waals surface area (Å²) in [6, 6.07) is 0. The van der Waals surface area contributed by atoms with Gasteiger partial charge in [0.1, 0.15) is 0 Å². The number of carbonyl (C=O) groups excluding carboxylic acids is 1. The normalized spacial score (nSPS) is 22.6. The molecular formula is C14H14O2. The minimum atomic E-state index is -0.278. The summed E-state index contributed by atoms with van der Waals surface area (Å²) in [5.41, 5.74) is 2.85. The molecule has 0 saturated carbocycles. The highest BCUT2D eigenvalue weighted by Crippen LogP contribution is 2.31. The number of rotatable bonds is 1. The van der Waals surface area contributed by atoms with E-state index >= 15 is 0 Å². The molecular weight excluding hydrogens is 200 g/mol. The maximum Gasteiger partial charge on any atom is 0.338 e. The van der Waals surface area contributed by atoms with Crippen molar-refractivity contribution < 1.29 is 9.53 Å². The smallest absolute Gasteiger partial charge is 0.338 e. The van der Waals surface area contributed by atoms with Gasteiger partial charge in [-0.2, -0.15) is 0 Å². The second-order valence-electron chi connectivity index (χ2n) is 3.83. The van der Waals surface area contributed by atoms with Crippen LogP contribution in [-0.4, -0.2) is 13.1 Å². The zero-order valence-electron chi connectivity index (χ0n) is 9.44. The van der Waals surface area contributed by atoms with Crippen molar-refractivity contribution in [2.24, 2.45) is 5.92 Å². The lowest BCUT2D eigenvalue weighted by atomic mass is 9.89. The van der Waals surface area contributed by atoms with Crippen LogP contribution in [-0.2, 0) is 9.53 Å². The highest BCUT2D eigenvalue weighted by atomic mass is 16.5. The average molecular weight is 214 g/mol. The van der Waals surface area contributed by atoms with E-state index in [2.05, 4.69) is 13.0 Å². The van der Waals surface area contributed by atoms with E-state index in [0.29, 0.717) is 5.57 Å². The standard InChI is InChI=1S/C14H14O2/c1-10-11-6-3-4-8-12(10)13(9-5-7-11)14(15)16-2/h3-10H,1-2H3. The van der Waals surface area contributed by atoms with Gasteiger partial charge in [0.15, 0.2) is 0 Å². The molecule has 0 aromatic rings. The van der Waals surface area contributed by atoms with Crippen molar-refractivity contribution in [1.29, 1.82) is 0 Å². The molecule has 0 fully saturated rings. The van der Waals surface area contributed by atoms with Gasteiger partial charge in [0.05, 0.1) is 12.7 Å². The molecule has 0 amide bonds. The minimum Gasteiger partial charge on any atom is -0.465 e. The Balaban J connectivity index is 2.50. The Morgan fingerprint density at radius 3 is 2.69 bits per heavy atom. The Kier molecular flexibility index (Phi) is 2.91. The van der Waals surface area contributed by atoms with Crippen LogP contribution in [0, 0.1) is 5.92 Å². The molecule has 0 aliphatic heterocycles. The predicted octanol–water partition coefficient (Wildman–Crippen LogP) is 2.71. The van der Waals surface area contributed by atoms with Crippen LogP contribution in [0.25, 0.3) is 0 Å². The first-order valence-electron chi connectivity index (χ1n) is 5.29. The lowest BCUT2D eigenvalue weighted by Crippen LogP contribution is -2.11. The molecule has 2 aliphatic rings. The van der Waals surface area contributed by atoms with Gasteiger partial charge in [0.25, 0.3) is 0 Å². The zero-order valence-corrected chi connectivity index (χ0v) is 9.44. The van der Waals surface area contributed by atoms with E-state index in [1.165, 1.54) is 12.7 Å². The maximum absolute atomic E-state index is 11.7. The SMILES string of the molecule is COC(=O)C1=CC=CC2=CC=CC=C1C2C. The van der Waals surface area contributed by atoms with Gasteiger partial charge < -0.3 is 4.74 Å². The molecule has 2 nitrogen and oxygen atoms in total. The third-order valence-electron chi connectivity index (χ3n) is 2.91. The quantitative estimate of drug-likeness (QED) is 0.627. The summed E-state index contributed by atoms with van der Waals surface area (Å²) >= 11 is 0. The van der Waals surface area contributed by atoms with E-state index in [1.54, 1.807) is 0 Å². The molecule has 82 valence electrons. The number of carbonyl (C=O) groups is 1. The summed E-state index contributed by atoms with van der Waals surface area (Å²) in [5.74, 6) is -0.0570. The molecule has 1 atom stereocenters. The Bertz CT molecular complexity index is 459. The Labute approximate surface area is 95.3 Å². The second-order valence-corrected chi connectivity index (χ2v) is 3.83. The monoisotopic (exact) mass is 214 g/mol. The summed E-state index contributed by atoms with van der Waals surface area (Å²) in [4.78, 5) is 11.7. The van der Waals surface area contributed by atoms with Crippen molar-refractivity contribution >= 4 is 5.97 Å². The van der Waals surface area contributed by atoms with Crippen molar-refractivity contribution in [2.75, 3.05) is 7.11 Å². The lowest BCUT2D eigenvalue weighted by molar-refractivity contribution is -0.135. The maximum atomic E-state index is 11.7. The Hall–Kier alpha value is -1.83. The first kappa shape index (κ1) is 10.7. The van der Waals surface area contributed by atoms with Crippen LogP contribution < -0.4 is 0 Å². The van der Waals surface area contributed by atoms with Crippen LogP contribution >= 0.6 is 0 Å². The molecule has 0 radical (unpaired) electrons. The van der Waals surface area contributed by atoms with E-state index in [1.807, 2.05) is 36.5 Å². The number of allylic oxidation sites excluding steroid dienone is 8. The Morgan fingerprint density at radius 2 is 1.94 bits per heavy atom. The van der Waals surface area contributed by atoms with Gasteiger partial charge in [-0.15, -0.1) is 0 Å². The number of ether oxygens (including phenoxy) is 1. The molecule has 1 unspecified atom stereocenters. The van der Waals surface area contributed by atoms with Crippen LogP contribution in [0.3, 0.4) is 0 Å². The van der Waals surface area contributed by atoms with E-state index in [0.717, 1.165) is 5.57 Å². The molecule has 0 heterocycles. The van der Waals surface area contributed by atoms with E-state index in [-0.39, 0.29) is 11.9 Å². The van der Waals surface area contributed by atoms with Crippen LogP contribution in [0.4, 0.5) is 0 Å². The molecule has 2 heteroatoms. The van der Waals surface area contributed by atoms with Gasteiger partial charge in [-0.05, 0) is 17.2 Å². The van der Waals surface area contributed by atoms with Gasteiger partial charge >= 0.3 is 5.97 Å². The van der Waals surface area contributed by atoms with E-state index in [9.17, 15) is 4.79 Å². The number of hydrogen-bond acceptors (Lipinski definition) is 2. The summed E-state index contributed by atoms with van der Waals surface area (Å²) in [7, 11) is 1.41. The van der Waals surface area contributed by atoms with Gasteiger partial charge in [-0.1, -0.05) is 43.4 Å². The topological polar surface area (TPSA) is 26.3 Å². The first-order chi connectivity index (χ1) is 7.74. The molecule has 2 bridgehead atoms. The largest absolute Gasteiger partial charge is 0.465 e. The van der Waals surface area contributed by atoms with Crippen molar-refractivity contribution in [2.45, 2.75) is 6.92 Å². The fourth-order valence-corrected chi connectivity index (χ4v) is 1.96. The first-order valence-corrected chi connectivity index (χ1v) is 5.29. The third kappa shape index (κ3) is 1.78. The molecule has 0 spiro atoms. The van der Waals surface area contributed by atoms with Crippen molar-refractivity contribution in [1.82, 2.24) is 0 Å². The summed E-state index contributed by atoms with van der Waals surface area (Å²) < 4.78 is 4.80. The fraction of sp³-hybridized carbons (Fsp3) is 0.214. The second kappa shape index (κ2) is 4.35. The molecule has 2 rings (SSSR count). The summed E-state index contributed by atoms with van der Waals surface area (Å²) in [6.07, 6.45) is 13.7. The van der Waals surface area contributed by atoms with Crippen molar-refractivity contribution in [3.8, 4) is 0 Å². The summed E-state index contributed by atoms with van der Waals surface area (Å²) in [6.45, 7) is 2.09. The van der Waals surface area contributed by atoms with Crippen LogP contribution in [0.5, 0.6) is 0 Å². The number of esters is 1. The molecule has 0 N–H and O–H groups in total. The minimum absolute atomic E-state index is 0.221. The number of hydrogen-bond donors (Lipinski definition) is 0. The molecule has 0 saturated heterocycles. The predicted molar refractivity (Wildman–Crippen MR) is 63.7 cm³/mol. The van der Waals surface area contributed by atoms with E-state index in [4.69, 9.17) is 4.74 Å². The van der Waals surface area contributed by atoms with Gasteiger partial charge in [-0.25, -0.2) is 4.79 Å². The number of fused-ring (bicyclic) bond motifs is 2. The molecule has 0 aromatic heterocycles.